The molecular weight excluding hydrogens is 334 g/mol. The van der Waals surface area contributed by atoms with E-state index in [0.29, 0.717) is 18.9 Å². The van der Waals surface area contributed by atoms with Gasteiger partial charge in [-0.2, -0.15) is 0 Å². The Balaban J connectivity index is 1.49. The summed E-state index contributed by atoms with van der Waals surface area (Å²) >= 11 is 0. The van der Waals surface area contributed by atoms with Crippen LogP contribution in [0.4, 0.5) is 0 Å². The number of fused-ring (bicyclic) bond motifs is 1. The lowest BCUT2D eigenvalue weighted by atomic mass is 9.87. The van der Waals surface area contributed by atoms with Crippen LogP contribution < -0.4 is 5.32 Å². The van der Waals surface area contributed by atoms with Gasteiger partial charge in [-0.15, -0.1) is 0 Å². The molecule has 2 aromatic carbocycles. The van der Waals surface area contributed by atoms with E-state index in [0.717, 1.165) is 41.3 Å². The molecule has 1 aliphatic rings. The maximum absolute atomic E-state index is 12.5. The second kappa shape index (κ2) is 7.95. The summed E-state index contributed by atoms with van der Waals surface area (Å²) in [6.07, 6.45) is 5.76. The van der Waals surface area contributed by atoms with Gasteiger partial charge in [0.25, 0.3) is 0 Å². The van der Waals surface area contributed by atoms with Crippen LogP contribution in [-0.4, -0.2) is 21.5 Å². The number of nitrogens with zero attached hydrogens (tertiary/aromatic N) is 2. The molecule has 0 spiro atoms. The summed E-state index contributed by atoms with van der Waals surface area (Å²) in [5, 5.41) is 3.23. The van der Waals surface area contributed by atoms with Crippen LogP contribution in [-0.2, 0) is 11.2 Å². The van der Waals surface area contributed by atoms with E-state index in [4.69, 9.17) is 4.98 Å². The normalized spacial score (nSPS) is 19.9. The summed E-state index contributed by atoms with van der Waals surface area (Å²) < 4.78 is 2.17. The van der Waals surface area contributed by atoms with Crippen molar-refractivity contribution >= 4 is 16.9 Å². The van der Waals surface area contributed by atoms with Crippen LogP contribution in [0.25, 0.3) is 16.7 Å². The van der Waals surface area contributed by atoms with Gasteiger partial charge in [-0.3, -0.25) is 9.36 Å². The molecular formula is C23H27N3O. The fourth-order valence-corrected chi connectivity index (χ4v) is 4.04. The maximum Gasteiger partial charge on any atom is 0.220 e. The number of hydrogen-bond donors (Lipinski definition) is 1. The van der Waals surface area contributed by atoms with Gasteiger partial charge >= 0.3 is 0 Å². The number of rotatable bonds is 5. The van der Waals surface area contributed by atoms with Crippen LogP contribution in [0.1, 0.15) is 44.9 Å². The van der Waals surface area contributed by atoms with E-state index in [1.807, 2.05) is 36.4 Å². The van der Waals surface area contributed by atoms with E-state index in [9.17, 15) is 4.79 Å². The Labute approximate surface area is 160 Å². The minimum atomic E-state index is 0.140. The highest BCUT2D eigenvalue weighted by atomic mass is 16.1. The predicted octanol–water partition coefficient (Wildman–Crippen LogP) is 4.65. The number of carbonyl (C=O) groups excluding carboxylic acids is 1. The number of carbonyl (C=O) groups is 1. The van der Waals surface area contributed by atoms with Gasteiger partial charge in [0, 0.05) is 24.6 Å². The quantitative estimate of drug-likeness (QED) is 0.719. The van der Waals surface area contributed by atoms with Crippen LogP contribution in [0.3, 0.4) is 0 Å². The molecule has 1 aliphatic carbocycles. The molecule has 0 saturated heterocycles. The van der Waals surface area contributed by atoms with Gasteiger partial charge in [-0.05, 0) is 55.9 Å². The van der Waals surface area contributed by atoms with E-state index < -0.39 is 0 Å². The first-order chi connectivity index (χ1) is 13.2. The van der Waals surface area contributed by atoms with Gasteiger partial charge in [0.1, 0.15) is 5.82 Å². The molecule has 3 aromatic rings. The molecule has 0 bridgehead atoms. The second-order valence-electron chi connectivity index (χ2n) is 7.71. The fraction of sp³-hybridized carbons (Fsp3) is 0.391. The summed E-state index contributed by atoms with van der Waals surface area (Å²) in [4.78, 5) is 17.3. The van der Waals surface area contributed by atoms with Crippen molar-refractivity contribution < 1.29 is 4.79 Å². The molecule has 4 rings (SSSR count). The number of imidazole rings is 1. The van der Waals surface area contributed by atoms with Gasteiger partial charge < -0.3 is 5.32 Å². The number of aromatic nitrogens is 2. The Kier molecular flexibility index (Phi) is 5.23. The average Bonchev–Trinajstić information content (AvgIpc) is 3.07. The lowest BCUT2D eigenvalue weighted by molar-refractivity contribution is -0.122. The standard InChI is InChI=1S/C23H27N3O/c1-17-11-13-18(14-12-17)24-23(27)16-15-22-25-20-9-5-6-10-21(20)26(22)19-7-3-2-4-8-19/h2-10,17-18H,11-16H2,1H3,(H,24,27). The number of para-hydroxylation sites is 3. The third kappa shape index (κ3) is 4.05. The van der Waals surface area contributed by atoms with E-state index >= 15 is 0 Å². The molecule has 1 N–H and O–H groups in total. The van der Waals surface area contributed by atoms with Crippen molar-refractivity contribution in [1.29, 1.82) is 0 Å². The monoisotopic (exact) mass is 361 g/mol. The molecule has 1 heterocycles. The number of hydrogen-bond acceptors (Lipinski definition) is 2. The first-order valence-electron chi connectivity index (χ1n) is 10.0. The summed E-state index contributed by atoms with van der Waals surface area (Å²) in [6.45, 7) is 2.30. The van der Waals surface area contributed by atoms with Gasteiger partial charge in [-0.1, -0.05) is 37.3 Å². The van der Waals surface area contributed by atoms with Crippen LogP contribution in [0.2, 0.25) is 0 Å². The maximum atomic E-state index is 12.5. The second-order valence-corrected chi connectivity index (χ2v) is 7.71. The zero-order chi connectivity index (χ0) is 18.6. The van der Waals surface area contributed by atoms with Gasteiger partial charge in [-0.25, -0.2) is 4.98 Å². The summed E-state index contributed by atoms with van der Waals surface area (Å²) in [6, 6.07) is 18.7. The molecule has 4 heteroatoms. The Hall–Kier alpha value is -2.62. The Bertz CT molecular complexity index is 908. The van der Waals surface area contributed by atoms with Crippen molar-refractivity contribution in [3.63, 3.8) is 0 Å². The fourth-order valence-electron chi connectivity index (χ4n) is 4.04. The molecule has 1 saturated carbocycles. The topological polar surface area (TPSA) is 46.9 Å². The van der Waals surface area contributed by atoms with Gasteiger partial charge in [0.05, 0.1) is 11.0 Å². The smallest absolute Gasteiger partial charge is 0.220 e. The Morgan fingerprint density at radius 2 is 1.74 bits per heavy atom. The van der Waals surface area contributed by atoms with Crippen molar-refractivity contribution in [3.8, 4) is 5.69 Å². The minimum absolute atomic E-state index is 0.140. The highest BCUT2D eigenvalue weighted by Gasteiger charge is 2.20. The van der Waals surface area contributed by atoms with Crippen LogP contribution >= 0.6 is 0 Å². The minimum Gasteiger partial charge on any atom is -0.353 e. The van der Waals surface area contributed by atoms with Crippen LogP contribution in [0.15, 0.2) is 54.6 Å². The lowest BCUT2D eigenvalue weighted by Crippen LogP contribution is -2.37. The number of benzene rings is 2. The summed E-state index contributed by atoms with van der Waals surface area (Å²) in [5.41, 5.74) is 3.14. The van der Waals surface area contributed by atoms with Crippen molar-refractivity contribution in [2.75, 3.05) is 0 Å². The molecule has 0 radical (unpaired) electrons. The molecule has 0 aliphatic heterocycles. The molecule has 140 valence electrons. The van der Waals surface area contributed by atoms with Gasteiger partial charge in [0.2, 0.25) is 5.91 Å². The molecule has 1 aromatic heterocycles. The lowest BCUT2D eigenvalue weighted by Gasteiger charge is -2.26. The Morgan fingerprint density at radius 3 is 2.52 bits per heavy atom. The summed E-state index contributed by atoms with van der Waals surface area (Å²) in [5.74, 6) is 1.87. The zero-order valence-corrected chi connectivity index (χ0v) is 15.9. The van der Waals surface area contributed by atoms with E-state index in [1.54, 1.807) is 0 Å². The molecule has 4 nitrogen and oxygen atoms in total. The molecule has 0 unspecified atom stereocenters. The number of nitrogens with one attached hydrogen (secondary N) is 1. The highest BCUT2D eigenvalue weighted by molar-refractivity contribution is 5.79. The van der Waals surface area contributed by atoms with E-state index in [-0.39, 0.29) is 5.91 Å². The number of amides is 1. The van der Waals surface area contributed by atoms with Crippen LogP contribution in [0, 0.1) is 5.92 Å². The molecule has 1 amide bonds. The average molecular weight is 361 g/mol. The van der Waals surface area contributed by atoms with Crippen molar-refractivity contribution in [3.05, 3.63) is 60.4 Å². The zero-order valence-electron chi connectivity index (χ0n) is 15.9. The van der Waals surface area contributed by atoms with Crippen molar-refractivity contribution in [2.24, 2.45) is 5.92 Å². The largest absolute Gasteiger partial charge is 0.353 e. The van der Waals surface area contributed by atoms with Crippen LogP contribution in [0.5, 0.6) is 0 Å². The van der Waals surface area contributed by atoms with Crippen molar-refractivity contribution in [2.45, 2.75) is 51.5 Å². The predicted molar refractivity (Wildman–Crippen MR) is 109 cm³/mol. The molecule has 1 fully saturated rings. The van der Waals surface area contributed by atoms with E-state index in [1.165, 1.54) is 12.8 Å². The highest BCUT2D eigenvalue weighted by Crippen LogP contribution is 2.24. The first-order valence-corrected chi connectivity index (χ1v) is 10.0. The summed E-state index contributed by atoms with van der Waals surface area (Å²) in [7, 11) is 0. The third-order valence-corrected chi connectivity index (χ3v) is 5.60. The SMILES string of the molecule is CC1CCC(NC(=O)CCc2nc3ccccc3n2-c2ccccc2)CC1. The number of aryl methyl sites for hydroxylation is 1. The Morgan fingerprint density at radius 1 is 1.04 bits per heavy atom. The van der Waals surface area contributed by atoms with E-state index in [2.05, 4.69) is 35.0 Å². The van der Waals surface area contributed by atoms with Gasteiger partial charge in [0.15, 0.2) is 0 Å². The molecule has 0 atom stereocenters. The van der Waals surface area contributed by atoms with Crippen molar-refractivity contribution in [1.82, 2.24) is 14.9 Å². The third-order valence-electron chi connectivity index (χ3n) is 5.60. The first kappa shape index (κ1) is 17.8. The molecule has 27 heavy (non-hydrogen) atoms.